The van der Waals surface area contributed by atoms with Gasteiger partial charge in [-0.05, 0) is 36.4 Å². The van der Waals surface area contributed by atoms with Crippen LogP contribution in [-0.2, 0) is 6.61 Å². The Morgan fingerprint density at radius 1 is 1.03 bits per heavy atom. The summed E-state index contributed by atoms with van der Waals surface area (Å²) in [6.07, 6.45) is -2.99. The zero-order chi connectivity index (χ0) is 21.1. The van der Waals surface area contributed by atoms with E-state index in [1.807, 2.05) is 30.3 Å². The van der Waals surface area contributed by atoms with Crippen LogP contribution in [0, 0.1) is 0 Å². The number of carbonyl (C=O) groups excluding carboxylic acids is 1. The average Bonchev–Trinajstić information content (AvgIpc) is 3.14. The van der Waals surface area contributed by atoms with E-state index in [0.717, 1.165) is 17.9 Å². The number of carbonyl (C=O) groups is 1. The fourth-order valence-electron chi connectivity index (χ4n) is 3.00. The van der Waals surface area contributed by atoms with E-state index in [4.69, 9.17) is 4.74 Å². The van der Waals surface area contributed by atoms with Gasteiger partial charge < -0.3 is 14.4 Å². The van der Waals surface area contributed by atoms with Crippen LogP contribution < -0.4 is 9.47 Å². The third kappa shape index (κ3) is 4.70. The van der Waals surface area contributed by atoms with E-state index in [1.54, 1.807) is 15.8 Å². The topological polar surface area (TPSA) is 69.5 Å². The molecule has 2 heterocycles. The Kier molecular flexibility index (Phi) is 5.30. The lowest BCUT2D eigenvalue weighted by Crippen LogP contribution is -2.50. The first-order chi connectivity index (χ1) is 14.4. The summed E-state index contributed by atoms with van der Waals surface area (Å²) in [5, 5.41) is 8.17. The number of hydrogen-bond acceptors (Lipinski definition) is 5. The fraction of sp³-hybridized carbons (Fsp3) is 0.250. The van der Waals surface area contributed by atoms with Crippen molar-refractivity contribution in [3.63, 3.8) is 0 Å². The number of rotatable bonds is 6. The normalized spacial score (nSPS) is 14.3. The summed E-state index contributed by atoms with van der Waals surface area (Å²) >= 11 is 0. The number of benzene rings is 2. The van der Waals surface area contributed by atoms with Gasteiger partial charge in [-0.15, -0.1) is 18.3 Å². The lowest BCUT2D eigenvalue weighted by molar-refractivity contribution is -0.274. The smallest absolute Gasteiger partial charge is 0.487 e. The number of likely N-dealkylation sites (tertiary alicyclic amines) is 1. The van der Waals surface area contributed by atoms with Gasteiger partial charge in [0.15, 0.2) is 0 Å². The highest BCUT2D eigenvalue weighted by molar-refractivity contribution is 5.94. The second-order valence-electron chi connectivity index (χ2n) is 6.73. The highest BCUT2D eigenvalue weighted by atomic mass is 19.4. The predicted molar refractivity (Wildman–Crippen MR) is 98.9 cm³/mol. The highest BCUT2D eigenvalue weighted by Crippen LogP contribution is 2.26. The Morgan fingerprint density at radius 3 is 2.40 bits per heavy atom. The molecule has 3 aromatic rings. The maximum Gasteiger partial charge on any atom is 0.573 e. The van der Waals surface area contributed by atoms with Crippen LogP contribution in [0.4, 0.5) is 13.2 Å². The molecule has 0 N–H and O–H groups in total. The SMILES string of the molecule is O=C(c1ccc(OC(F)(F)F)cc1)N1CC(n2cc(COc3ccccc3)nn2)C1. The van der Waals surface area contributed by atoms with E-state index in [-0.39, 0.29) is 24.3 Å². The van der Waals surface area contributed by atoms with Crippen LogP contribution in [0.2, 0.25) is 0 Å². The van der Waals surface area contributed by atoms with E-state index in [2.05, 4.69) is 15.0 Å². The third-order valence-electron chi connectivity index (χ3n) is 4.55. The molecule has 1 aromatic heterocycles. The zero-order valence-electron chi connectivity index (χ0n) is 15.6. The second-order valence-corrected chi connectivity index (χ2v) is 6.73. The van der Waals surface area contributed by atoms with Crippen LogP contribution in [0.3, 0.4) is 0 Å². The van der Waals surface area contributed by atoms with Crippen molar-refractivity contribution in [2.45, 2.75) is 19.0 Å². The number of para-hydroxylation sites is 1. The van der Waals surface area contributed by atoms with Gasteiger partial charge in [-0.3, -0.25) is 4.79 Å². The maximum atomic E-state index is 12.5. The van der Waals surface area contributed by atoms with Crippen LogP contribution in [0.5, 0.6) is 11.5 Å². The monoisotopic (exact) mass is 418 g/mol. The van der Waals surface area contributed by atoms with Crippen LogP contribution in [0.25, 0.3) is 0 Å². The maximum absolute atomic E-state index is 12.5. The molecule has 0 radical (unpaired) electrons. The summed E-state index contributed by atoms with van der Waals surface area (Å²) in [5.74, 6) is 0.102. The molecule has 1 aliphatic heterocycles. The summed E-state index contributed by atoms with van der Waals surface area (Å²) in [5.41, 5.74) is 0.961. The van der Waals surface area contributed by atoms with Gasteiger partial charge in [0.2, 0.25) is 0 Å². The second kappa shape index (κ2) is 8.05. The molecule has 1 aliphatic rings. The minimum absolute atomic E-state index is 0.0141. The Hall–Kier alpha value is -3.56. The van der Waals surface area contributed by atoms with E-state index < -0.39 is 6.36 Å². The Labute approximate surface area is 169 Å². The van der Waals surface area contributed by atoms with Crippen LogP contribution >= 0.6 is 0 Å². The van der Waals surface area contributed by atoms with E-state index in [9.17, 15) is 18.0 Å². The van der Waals surface area contributed by atoms with Gasteiger partial charge in [-0.1, -0.05) is 23.4 Å². The molecule has 2 aromatic carbocycles. The minimum Gasteiger partial charge on any atom is -0.487 e. The Bertz CT molecular complexity index is 1000. The van der Waals surface area contributed by atoms with Crippen LogP contribution in [0.15, 0.2) is 60.8 Å². The molecule has 1 amide bonds. The van der Waals surface area contributed by atoms with Crippen molar-refractivity contribution in [2.75, 3.05) is 13.1 Å². The number of hydrogen-bond donors (Lipinski definition) is 0. The average molecular weight is 418 g/mol. The van der Waals surface area contributed by atoms with Crippen molar-refractivity contribution in [1.82, 2.24) is 19.9 Å². The number of amides is 1. The van der Waals surface area contributed by atoms with Gasteiger partial charge in [-0.2, -0.15) is 0 Å². The predicted octanol–water partition coefficient (Wildman–Crippen LogP) is 3.45. The van der Waals surface area contributed by atoms with Crippen molar-refractivity contribution in [2.24, 2.45) is 0 Å². The Balaban J connectivity index is 1.28. The molecule has 156 valence electrons. The van der Waals surface area contributed by atoms with E-state index in [1.165, 1.54) is 12.1 Å². The summed E-state index contributed by atoms with van der Waals surface area (Å²) < 4.78 is 47.8. The van der Waals surface area contributed by atoms with Crippen molar-refractivity contribution in [3.05, 3.63) is 72.1 Å². The molecule has 0 aliphatic carbocycles. The van der Waals surface area contributed by atoms with Crippen molar-refractivity contribution in [3.8, 4) is 11.5 Å². The molecule has 4 rings (SSSR count). The molecule has 30 heavy (non-hydrogen) atoms. The standard InChI is InChI=1S/C20H17F3N4O3/c21-20(22,23)30-18-8-6-14(7-9-18)19(28)26-11-16(12-26)27-10-15(24-25-27)13-29-17-4-2-1-3-5-17/h1-10,16H,11-13H2. The van der Waals surface area contributed by atoms with Crippen LogP contribution in [0.1, 0.15) is 22.1 Å². The molecule has 1 fully saturated rings. The first-order valence-corrected chi connectivity index (χ1v) is 9.11. The van der Waals surface area contributed by atoms with Gasteiger partial charge in [0.25, 0.3) is 5.91 Å². The molecular weight excluding hydrogens is 401 g/mol. The summed E-state index contributed by atoms with van der Waals surface area (Å²) in [6, 6.07) is 14.2. The highest BCUT2D eigenvalue weighted by Gasteiger charge is 2.34. The summed E-state index contributed by atoms with van der Waals surface area (Å²) in [7, 11) is 0. The number of halogens is 3. The molecular formula is C20H17F3N4O3. The molecule has 0 bridgehead atoms. The van der Waals surface area contributed by atoms with Crippen molar-refractivity contribution < 1.29 is 27.4 Å². The van der Waals surface area contributed by atoms with Gasteiger partial charge in [0.05, 0.1) is 12.2 Å². The molecule has 7 nitrogen and oxygen atoms in total. The molecule has 0 unspecified atom stereocenters. The van der Waals surface area contributed by atoms with Gasteiger partial charge in [0.1, 0.15) is 23.8 Å². The molecule has 10 heteroatoms. The number of alkyl halides is 3. The number of nitrogens with zero attached hydrogens (tertiary/aromatic N) is 4. The number of aromatic nitrogens is 3. The van der Waals surface area contributed by atoms with Gasteiger partial charge >= 0.3 is 6.36 Å². The zero-order valence-corrected chi connectivity index (χ0v) is 15.6. The molecule has 0 saturated carbocycles. The largest absolute Gasteiger partial charge is 0.573 e. The lowest BCUT2D eigenvalue weighted by atomic mass is 10.1. The summed E-state index contributed by atoms with van der Waals surface area (Å²) in [4.78, 5) is 14.1. The summed E-state index contributed by atoms with van der Waals surface area (Å²) in [6.45, 7) is 1.15. The molecule has 0 atom stereocenters. The van der Waals surface area contributed by atoms with E-state index in [0.29, 0.717) is 24.3 Å². The third-order valence-corrected chi connectivity index (χ3v) is 4.55. The number of ether oxygens (including phenoxy) is 2. The molecule has 1 saturated heterocycles. The quantitative estimate of drug-likeness (QED) is 0.613. The van der Waals surface area contributed by atoms with Gasteiger partial charge in [-0.25, -0.2) is 4.68 Å². The Morgan fingerprint density at radius 2 is 1.73 bits per heavy atom. The lowest BCUT2D eigenvalue weighted by Gasteiger charge is -2.38. The first kappa shape index (κ1) is 19.7. The van der Waals surface area contributed by atoms with E-state index >= 15 is 0 Å². The van der Waals surface area contributed by atoms with Crippen LogP contribution in [-0.4, -0.2) is 45.3 Å². The van der Waals surface area contributed by atoms with Crippen molar-refractivity contribution >= 4 is 5.91 Å². The molecule has 0 spiro atoms. The van der Waals surface area contributed by atoms with Gasteiger partial charge in [0, 0.05) is 18.7 Å². The minimum atomic E-state index is -4.76. The fourth-order valence-corrected chi connectivity index (χ4v) is 3.00. The van der Waals surface area contributed by atoms with Crippen molar-refractivity contribution in [1.29, 1.82) is 0 Å². The first-order valence-electron chi connectivity index (χ1n) is 9.11.